The van der Waals surface area contributed by atoms with Crippen LogP contribution in [0.25, 0.3) is 10.9 Å². The van der Waals surface area contributed by atoms with E-state index < -0.39 is 24.0 Å². The van der Waals surface area contributed by atoms with Crippen LogP contribution in [0.4, 0.5) is 11.4 Å². The van der Waals surface area contributed by atoms with Crippen LogP contribution in [0.1, 0.15) is 5.56 Å². The van der Waals surface area contributed by atoms with E-state index in [9.17, 15) is 14.7 Å². The van der Waals surface area contributed by atoms with Crippen LogP contribution in [-0.4, -0.2) is 47.3 Å². The number of aromatic nitrogens is 1. The van der Waals surface area contributed by atoms with E-state index >= 15 is 0 Å². The lowest BCUT2D eigenvalue weighted by Gasteiger charge is -2.34. The summed E-state index contributed by atoms with van der Waals surface area (Å²) in [5.41, 5.74) is 3.28. The summed E-state index contributed by atoms with van der Waals surface area (Å²) in [5.74, 6) is -1.11. The summed E-state index contributed by atoms with van der Waals surface area (Å²) in [6, 6.07) is 14.7. The van der Waals surface area contributed by atoms with Gasteiger partial charge in [-0.1, -0.05) is 17.7 Å². The Hall–Kier alpha value is -3.16. The van der Waals surface area contributed by atoms with Gasteiger partial charge < -0.3 is 25.0 Å². The quantitative estimate of drug-likeness (QED) is 0.648. The van der Waals surface area contributed by atoms with Crippen molar-refractivity contribution in [2.45, 2.75) is 19.1 Å². The molecule has 0 aliphatic carbocycles. The Morgan fingerprint density at radius 2 is 2.04 bits per heavy atom. The highest BCUT2D eigenvalue weighted by atomic mass is 16.5. The maximum atomic E-state index is 12.8. The first-order chi connectivity index (χ1) is 13.5. The molecule has 2 aromatic carbocycles. The second kappa shape index (κ2) is 7.46. The first-order valence-corrected chi connectivity index (χ1v) is 9.09. The molecule has 2 heterocycles. The van der Waals surface area contributed by atoms with Gasteiger partial charge in [0, 0.05) is 35.0 Å². The topological polar surface area (TPSA) is 94.7 Å². The van der Waals surface area contributed by atoms with E-state index in [1.54, 1.807) is 18.3 Å². The Bertz CT molecular complexity index is 1010. The molecule has 7 heteroatoms. The molecule has 1 aliphatic rings. The third-order valence-corrected chi connectivity index (χ3v) is 4.84. The largest absolute Gasteiger partial charge is 0.380 e. The number of aliphatic hydroxyl groups excluding tert-OH is 1. The number of nitrogens with zero attached hydrogens (tertiary/aromatic N) is 1. The third kappa shape index (κ3) is 3.49. The summed E-state index contributed by atoms with van der Waals surface area (Å²) in [7, 11) is 0. The lowest BCUT2D eigenvalue weighted by Crippen LogP contribution is -2.55. The zero-order valence-electron chi connectivity index (χ0n) is 15.4. The van der Waals surface area contributed by atoms with Gasteiger partial charge in [-0.15, -0.1) is 0 Å². The fourth-order valence-corrected chi connectivity index (χ4v) is 3.30. The van der Waals surface area contributed by atoms with Crippen LogP contribution in [0.5, 0.6) is 0 Å². The van der Waals surface area contributed by atoms with E-state index in [1.165, 1.54) is 4.90 Å². The normalized spacial score (nSPS) is 18.3. The number of fused-ring (bicyclic) bond motifs is 1. The number of morpholine rings is 1. The van der Waals surface area contributed by atoms with Gasteiger partial charge in [-0.25, -0.2) is 0 Å². The number of hydrogen-bond acceptors (Lipinski definition) is 4. The number of nitrogens with one attached hydrogen (secondary N) is 2. The van der Waals surface area contributed by atoms with Gasteiger partial charge in [0.25, 0.3) is 11.8 Å². The maximum absolute atomic E-state index is 12.8. The number of aryl methyl sites for hydroxylation is 1. The average molecular weight is 379 g/mol. The van der Waals surface area contributed by atoms with E-state index in [-0.39, 0.29) is 6.61 Å². The molecule has 0 saturated carbocycles. The van der Waals surface area contributed by atoms with Gasteiger partial charge in [-0.2, -0.15) is 0 Å². The van der Waals surface area contributed by atoms with E-state index in [0.29, 0.717) is 12.2 Å². The molecule has 3 aromatic rings. The van der Waals surface area contributed by atoms with Crippen molar-refractivity contribution < 1.29 is 19.4 Å². The number of carbonyl (C=O) groups is 2. The van der Waals surface area contributed by atoms with Gasteiger partial charge in [-0.05, 0) is 43.3 Å². The molecule has 1 aliphatic heterocycles. The zero-order chi connectivity index (χ0) is 19.7. The summed E-state index contributed by atoms with van der Waals surface area (Å²) in [4.78, 5) is 29.9. The molecule has 7 nitrogen and oxygen atoms in total. The van der Waals surface area contributed by atoms with E-state index in [4.69, 9.17) is 4.74 Å². The van der Waals surface area contributed by atoms with Crippen LogP contribution < -0.4 is 10.2 Å². The molecule has 2 amide bonds. The van der Waals surface area contributed by atoms with Crippen molar-refractivity contribution in [1.29, 1.82) is 0 Å². The Morgan fingerprint density at radius 3 is 2.82 bits per heavy atom. The fraction of sp³-hybridized carbons (Fsp3) is 0.238. The smallest absolute Gasteiger partial charge is 0.259 e. The van der Waals surface area contributed by atoms with Gasteiger partial charge in [-0.3, -0.25) is 9.59 Å². The maximum Gasteiger partial charge on any atom is 0.259 e. The van der Waals surface area contributed by atoms with Crippen molar-refractivity contribution in [3.63, 3.8) is 0 Å². The van der Waals surface area contributed by atoms with E-state index in [2.05, 4.69) is 10.3 Å². The average Bonchev–Trinajstić information content (AvgIpc) is 3.16. The number of ether oxygens (including phenoxy) is 1. The molecule has 1 saturated heterocycles. The molecular formula is C21H21N3O4. The van der Waals surface area contributed by atoms with Crippen LogP contribution in [0.2, 0.25) is 0 Å². The highest BCUT2D eigenvalue weighted by Crippen LogP contribution is 2.22. The molecule has 144 valence electrons. The SMILES string of the molecule is Cc1ccc(N2CCOC(C(O)C(=O)Nc3ccc4[nH]ccc4c3)C2=O)cc1. The first-order valence-electron chi connectivity index (χ1n) is 9.09. The number of aliphatic hydroxyl groups is 1. The minimum atomic E-state index is -1.61. The van der Waals surface area contributed by atoms with E-state index in [0.717, 1.165) is 22.2 Å². The Balaban J connectivity index is 1.47. The van der Waals surface area contributed by atoms with E-state index in [1.807, 2.05) is 43.3 Å². The number of H-pyrrole nitrogens is 1. The molecule has 3 N–H and O–H groups in total. The second-order valence-electron chi connectivity index (χ2n) is 6.83. The monoisotopic (exact) mass is 379 g/mol. The lowest BCUT2D eigenvalue weighted by atomic mass is 10.1. The molecule has 2 atom stereocenters. The van der Waals surface area contributed by atoms with Crippen LogP contribution >= 0.6 is 0 Å². The predicted octanol–water partition coefficient (Wildman–Crippen LogP) is 2.21. The molecule has 1 aromatic heterocycles. The second-order valence-corrected chi connectivity index (χ2v) is 6.83. The van der Waals surface area contributed by atoms with Crippen LogP contribution in [0, 0.1) is 6.92 Å². The predicted molar refractivity (Wildman–Crippen MR) is 106 cm³/mol. The number of carbonyl (C=O) groups excluding carboxylic acids is 2. The summed E-state index contributed by atoms with van der Waals surface area (Å²) in [5, 5.41) is 14.0. The Morgan fingerprint density at radius 1 is 1.25 bits per heavy atom. The third-order valence-electron chi connectivity index (χ3n) is 4.84. The lowest BCUT2D eigenvalue weighted by molar-refractivity contribution is -0.150. The highest BCUT2D eigenvalue weighted by molar-refractivity contribution is 6.04. The summed E-state index contributed by atoms with van der Waals surface area (Å²) in [6.07, 6.45) is -1.05. The van der Waals surface area contributed by atoms with Crippen molar-refractivity contribution in [1.82, 2.24) is 4.98 Å². The first kappa shape index (κ1) is 18.2. The molecule has 0 radical (unpaired) electrons. The van der Waals surface area contributed by atoms with Gasteiger partial charge in [0.15, 0.2) is 12.2 Å². The minimum Gasteiger partial charge on any atom is -0.380 e. The Kier molecular flexibility index (Phi) is 4.85. The number of benzene rings is 2. The van der Waals surface area contributed by atoms with Crippen molar-refractivity contribution in [3.8, 4) is 0 Å². The molecule has 0 bridgehead atoms. The number of hydrogen-bond donors (Lipinski definition) is 3. The summed E-state index contributed by atoms with van der Waals surface area (Å²) < 4.78 is 5.44. The molecule has 28 heavy (non-hydrogen) atoms. The molecule has 1 fully saturated rings. The molecule has 0 spiro atoms. The number of aromatic amines is 1. The fourth-order valence-electron chi connectivity index (χ4n) is 3.30. The molecule has 2 unspecified atom stereocenters. The van der Waals surface area contributed by atoms with Gasteiger partial charge in [0.05, 0.1) is 6.61 Å². The van der Waals surface area contributed by atoms with Crippen molar-refractivity contribution in [2.75, 3.05) is 23.4 Å². The summed E-state index contributed by atoms with van der Waals surface area (Å²) >= 11 is 0. The molecular weight excluding hydrogens is 358 g/mol. The van der Waals surface area contributed by atoms with Crippen LogP contribution in [0.3, 0.4) is 0 Å². The zero-order valence-corrected chi connectivity index (χ0v) is 15.4. The summed E-state index contributed by atoms with van der Waals surface area (Å²) in [6.45, 7) is 2.58. The van der Waals surface area contributed by atoms with Crippen molar-refractivity contribution in [2.24, 2.45) is 0 Å². The van der Waals surface area contributed by atoms with Gasteiger partial charge >= 0.3 is 0 Å². The Labute approximate surface area is 161 Å². The highest BCUT2D eigenvalue weighted by Gasteiger charge is 2.39. The molecule has 4 rings (SSSR count). The van der Waals surface area contributed by atoms with Crippen molar-refractivity contribution >= 4 is 34.1 Å². The number of anilines is 2. The minimum absolute atomic E-state index is 0.240. The van der Waals surface area contributed by atoms with Gasteiger partial charge in [0.1, 0.15) is 0 Å². The van der Waals surface area contributed by atoms with Crippen molar-refractivity contribution in [3.05, 3.63) is 60.3 Å². The van der Waals surface area contributed by atoms with Gasteiger partial charge in [0.2, 0.25) is 0 Å². The van der Waals surface area contributed by atoms with Crippen LogP contribution in [0.15, 0.2) is 54.7 Å². The number of rotatable bonds is 4. The standard InChI is InChI=1S/C21H21N3O4/c1-13-2-5-16(6-3-13)24-10-11-28-19(21(24)27)18(25)20(26)23-15-4-7-17-14(12-15)8-9-22-17/h2-9,12,18-19,22,25H,10-11H2,1H3,(H,23,26). The van der Waals surface area contributed by atoms with Crippen LogP contribution in [-0.2, 0) is 14.3 Å². The number of amides is 2.